The molecule has 4 atom stereocenters. The Morgan fingerprint density at radius 3 is 1.89 bits per heavy atom. The normalized spacial score (nSPS) is 108. The average Bonchev–Trinajstić information content (AvgIpc) is 3.33. The Labute approximate surface area is 110 Å². The molecule has 0 aromatic heterocycles. The van der Waals surface area contributed by atoms with Gasteiger partial charge in [0.1, 0.15) is 0 Å². The minimum absolute atomic E-state index is 0.920. The molecule has 10 heterocycles. The van der Waals surface area contributed by atoms with Gasteiger partial charge in [0.2, 0.25) is 0 Å². The van der Waals surface area contributed by atoms with Crippen molar-refractivity contribution in [2.75, 3.05) is 0 Å². The fourth-order valence-corrected chi connectivity index (χ4v) is 93.1. The number of aryl methyl sites for hydroxylation is 1. The van der Waals surface area contributed by atoms with E-state index in [9.17, 15) is 0 Å². The van der Waals surface area contributed by atoms with Gasteiger partial charge in [-0.2, -0.15) is 0 Å². The van der Waals surface area contributed by atoms with Crippen molar-refractivity contribution in [2.24, 2.45) is 0 Å². The third-order valence-electron chi connectivity index (χ3n) is 16.3. The summed E-state index contributed by atoms with van der Waals surface area (Å²) in [5, 5.41) is 0. The van der Waals surface area contributed by atoms with Crippen molar-refractivity contribution in [1.82, 2.24) is 0 Å². The third kappa shape index (κ3) is 0.0881. The SMILES string of the molecule is Cc1cccc(Br)c1[C]12[CH]3[CH]4[CH]5[CH]1[Fe]45321678[CH]2[CH]1[CH]6[CH]7[CH]28. The number of fused-ring (bicyclic) bond motifs is 10. The van der Waals surface area contributed by atoms with Crippen LogP contribution in [-0.2, 0) is 10.8 Å². The standard InChI is InChI=1S/C12H10Br.C5H5.Fe/c1-9-5-4-8-11(13)12(9)10-6-2-3-7-10;1-2-4-5-3-1;/h2-8H,1H3;1-5H;. The second kappa shape index (κ2) is 0.664. The van der Waals surface area contributed by atoms with E-state index in [0.717, 1.165) is 4.31 Å². The Bertz CT molecular complexity index is 1110. The van der Waals surface area contributed by atoms with Gasteiger partial charge in [0.05, 0.1) is 0 Å². The number of rotatable bonds is 1. The molecule has 0 amide bonds. The molecule has 19 heavy (non-hydrogen) atoms. The Morgan fingerprint density at radius 2 is 1.53 bits per heavy atom. The van der Waals surface area contributed by atoms with E-state index in [2.05, 4.69) is 41.1 Å². The van der Waals surface area contributed by atoms with Crippen LogP contribution in [0.5, 0.6) is 0 Å². The Hall–Kier alpha value is 0.219. The molecule has 10 aliphatic rings. The molecular weight excluding hydrogens is 340 g/mol. The van der Waals surface area contributed by atoms with Crippen LogP contribution >= 0.6 is 15.9 Å². The van der Waals surface area contributed by atoms with Crippen LogP contribution < -0.4 is 0 Å². The molecular formula is C17H15BrFe. The first kappa shape index (κ1) is 7.47. The van der Waals surface area contributed by atoms with Gasteiger partial charge < -0.3 is 0 Å². The van der Waals surface area contributed by atoms with Crippen molar-refractivity contribution >= 4 is 15.9 Å². The van der Waals surface area contributed by atoms with Gasteiger partial charge in [0.25, 0.3) is 0 Å². The van der Waals surface area contributed by atoms with Gasteiger partial charge in [0.15, 0.2) is 0 Å². The Kier molecular flexibility index (Phi) is 0.261. The molecule has 1 aromatic rings. The van der Waals surface area contributed by atoms with E-state index < -0.39 is 6.51 Å². The molecule has 0 radical (unpaired) electrons. The summed E-state index contributed by atoms with van der Waals surface area (Å²) in [5.74, 6) is 0. The molecule has 4 unspecified atom stereocenters. The molecule has 1 spiro atoms. The molecule has 0 saturated carbocycles. The summed E-state index contributed by atoms with van der Waals surface area (Å²) in [5.41, 5.74) is 3.53. The van der Waals surface area contributed by atoms with Crippen LogP contribution in [0.15, 0.2) is 22.7 Å². The van der Waals surface area contributed by atoms with Crippen molar-refractivity contribution in [1.29, 1.82) is 0 Å². The molecule has 0 nitrogen and oxygen atoms in total. The molecule has 10 saturated heterocycles. The average molecular weight is 355 g/mol. The number of hydrogen-bond donors (Lipinski definition) is 0. The molecule has 0 bridgehead atoms. The fraction of sp³-hybridized carbons (Fsp3) is 0.647. The molecule has 0 aliphatic carbocycles. The predicted octanol–water partition coefficient (Wildman–Crippen LogP) is 5.55. The van der Waals surface area contributed by atoms with E-state index in [-0.39, 0.29) is 0 Å². The third-order valence-corrected chi connectivity index (χ3v) is 59.3. The molecule has 2 heteroatoms. The zero-order valence-corrected chi connectivity index (χ0v) is 13.3. The van der Waals surface area contributed by atoms with Crippen molar-refractivity contribution in [3.63, 3.8) is 0 Å². The van der Waals surface area contributed by atoms with Gasteiger partial charge in [-0.15, -0.1) is 0 Å². The summed E-state index contributed by atoms with van der Waals surface area (Å²) in [4.78, 5) is 12.9. The number of hydrogen-bond acceptors (Lipinski definition) is 0. The van der Waals surface area contributed by atoms with E-state index in [4.69, 9.17) is 0 Å². The van der Waals surface area contributed by atoms with Crippen LogP contribution in [0.4, 0.5) is 0 Å². The van der Waals surface area contributed by atoms with Crippen LogP contribution in [0.2, 0.25) is 43.3 Å². The van der Waals surface area contributed by atoms with Gasteiger partial charge >= 0.3 is 111 Å². The molecule has 0 N–H and O–H groups in total. The fourth-order valence-electron chi connectivity index (χ4n) is 18.0. The van der Waals surface area contributed by atoms with Crippen LogP contribution in [0, 0.1) is 6.92 Å². The molecule has 1 aromatic carbocycles. The van der Waals surface area contributed by atoms with Crippen molar-refractivity contribution in [2.45, 2.75) is 54.6 Å². The van der Waals surface area contributed by atoms with Crippen LogP contribution in [0.25, 0.3) is 0 Å². The summed E-state index contributed by atoms with van der Waals surface area (Å²) in [6.07, 6.45) is 0. The zero-order valence-electron chi connectivity index (χ0n) is 10.7. The number of benzene rings is 1. The van der Waals surface area contributed by atoms with Crippen LogP contribution in [0.3, 0.4) is 0 Å². The second-order valence-corrected chi connectivity index (χ2v) is 36.0. The maximum absolute atomic E-state index is 3.98. The second-order valence-electron chi connectivity index (χ2n) is 11.6. The monoisotopic (exact) mass is 354 g/mol. The predicted molar refractivity (Wildman–Crippen MR) is 74.3 cm³/mol. The van der Waals surface area contributed by atoms with Gasteiger partial charge in [0, 0.05) is 0 Å². The summed E-state index contributed by atoms with van der Waals surface area (Å²) in [6.45, 7) is -0.525. The first-order valence-corrected chi connectivity index (χ1v) is 15.0. The van der Waals surface area contributed by atoms with E-state index in [1.807, 2.05) is 5.56 Å². The number of halogens is 1. The van der Waals surface area contributed by atoms with Gasteiger partial charge in [-0.1, -0.05) is 0 Å². The zero-order chi connectivity index (χ0) is 11.9. The summed E-state index contributed by atoms with van der Waals surface area (Å²) in [7, 11) is 0. The summed E-state index contributed by atoms with van der Waals surface area (Å²) in [6, 6.07) is 7.02. The van der Waals surface area contributed by atoms with Crippen molar-refractivity contribution < 1.29 is 6.51 Å². The van der Waals surface area contributed by atoms with Crippen molar-refractivity contribution in [3.05, 3.63) is 33.8 Å². The van der Waals surface area contributed by atoms with Gasteiger partial charge in [-0.05, 0) is 0 Å². The first-order valence-electron chi connectivity index (χ1n) is 7.94. The Morgan fingerprint density at radius 1 is 0.947 bits per heavy atom. The van der Waals surface area contributed by atoms with Crippen LogP contribution in [0.1, 0.15) is 11.1 Å². The quantitative estimate of drug-likeness (QED) is 0.579. The van der Waals surface area contributed by atoms with Gasteiger partial charge in [-0.3, -0.25) is 0 Å². The molecule has 10 aliphatic heterocycles. The van der Waals surface area contributed by atoms with Crippen molar-refractivity contribution in [3.8, 4) is 0 Å². The van der Waals surface area contributed by atoms with E-state index in [1.165, 1.54) is 47.8 Å². The molecule has 10 fully saturated rings. The van der Waals surface area contributed by atoms with E-state index >= 15 is 0 Å². The van der Waals surface area contributed by atoms with E-state index in [0.29, 0.717) is 0 Å². The molecule has 11 rings (SSSR count). The Balaban J connectivity index is 1.58. The topological polar surface area (TPSA) is 0 Å². The van der Waals surface area contributed by atoms with E-state index in [1.54, 1.807) is 5.56 Å². The minimum atomic E-state index is -2.93. The first-order chi connectivity index (χ1) is 8.97. The molecule has 98 valence electrons. The van der Waals surface area contributed by atoms with Crippen LogP contribution in [-0.4, -0.2) is 0 Å². The summed E-state index contributed by atoms with van der Waals surface area (Å²) < 4.78 is 2.42. The van der Waals surface area contributed by atoms with Gasteiger partial charge in [-0.25, -0.2) is 0 Å². The summed E-state index contributed by atoms with van der Waals surface area (Å²) >= 11 is 3.98. The maximum atomic E-state index is 3.98.